The molecule has 0 atom stereocenters. The Morgan fingerprint density at radius 3 is 2.53 bits per heavy atom. The summed E-state index contributed by atoms with van der Waals surface area (Å²) in [7, 11) is 0. The SMILES string of the molecule is O=C(Cc1ccc(Cl)cc1)C1CC2(CCC(c3ccnc4ccc(F)cc34)CC2)C1. The Kier molecular flexibility index (Phi) is 5.10. The molecule has 0 unspecified atom stereocenters. The summed E-state index contributed by atoms with van der Waals surface area (Å²) in [5, 5.41) is 1.65. The largest absolute Gasteiger partial charge is 0.299 e. The average Bonchev–Trinajstić information content (AvgIpc) is 2.73. The Morgan fingerprint density at radius 2 is 1.80 bits per heavy atom. The monoisotopic (exact) mass is 421 g/mol. The molecule has 5 rings (SSSR count). The van der Waals surface area contributed by atoms with Crippen molar-refractivity contribution in [2.45, 2.75) is 50.9 Å². The quantitative estimate of drug-likeness (QED) is 0.459. The van der Waals surface area contributed by atoms with Crippen molar-refractivity contribution in [3.8, 4) is 0 Å². The van der Waals surface area contributed by atoms with Gasteiger partial charge >= 0.3 is 0 Å². The fourth-order valence-corrected chi connectivity index (χ4v) is 5.73. The molecule has 0 amide bonds. The van der Waals surface area contributed by atoms with Crippen LogP contribution in [0, 0.1) is 17.2 Å². The Morgan fingerprint density at radius 1 is 1.07 bits per heavy atom. The number of hydrogen-bond donors (Lipinski definition) is 0. The third kappa shape index (κ3) is 3.76. The molecule has 0 N–H and O–H groups in total. The minimum Gasteiger partial charge on any atom is -0.299 e. The smallest absolute Gasteiger partial charge is 0.140 e. The molecule has 2 fully saturated rings. The van der Waals surface area contributed by atoms with Crippen molar-refractivity contribution in [2.24, 2.45) is 11.3 Å². The van der Waals surface area contributed by atoms with Gasteiger partial charge in [0, 0.05) is 28.9 Å². The number of hydrogen-bond acceptors (Lipinski definition) is 2. The van der Waals surface area contributed by atoms with Crippen molar-refractivity contribution in [1.82, 2.24) is 4.98 Å². The van der Waals surface area contributed by atoms with Gasteiger partial charge in [-0.2, -0.15) is 0 Å². The number of Topliss-reactive ketones (excluding diaryl/α,β-unsaturated/α-hetero) is 1. The van der Waals surface area contributed by atoms with Gasteiger partial charge in [0.05, 0.1) is 5.52 Å². The summed E-state index contributed by atoms with van der Waals surface area (Å²) < 4.78 is 13.8. The van der Waals surface area contributed by atoms with Gasteiger partial charge in [0.15, 0.2) is 0 Å². The Hall–Kier alpha value is -2.26. The van der Waals surface area contributed by atoms with Gasteiger partial charge in [0.1, 0.15) is 11.6 Å². The highest BCUT2D eigenvalue weighted by atomic mass is 35.5. The molecule has 30 heavy (non-hydrogen) atoms. The first-order chi connectivity index (χ1) is 14.5. The first-order valence-corrected chi connectivity index (χ1v) is 11.2. The fraction of sp³-hybridized carbons (Fsp3) is 0.385. The van der Waals surface area contributed by atoms with Crippen molar-refractivity contribution in [3.63, 3.8) is 0 Å². The molecule has 0 radical (unpaired) electrons. The molecule has 4 heteroatoms. The molecule has 0 aliphatic heterocycles. The van der Waals surface area contributed by atoms with Gasteiger partial charge in [-0.15, -0.1) is 0 Å². The number of benzene rings is 2. The van der Waals surface area contributed by atoms with Crippen LogP contribution in [0.3, 0.4) is 0 Å². The second kappa shape index (κ2) is 7.77. The van der Waals surface area contributed by atoms with Crippen LogP contribution in [0.5, 0.6) is 0 Å². The minimum atomic E-state index is -0.204. The third-order valence-electron chi connectivity index (χ3n) is 7.33. The van der Waals surface area contributed by atoms with Gasteiger partial charge < -0.3 is 0 Å². The summed E-state index contributed by atoms with van der Waals surface area (Å²) in [5.41, 5.74) is 3.48. The maximum Gasteiger partial charge on any atom is 0.140 e. The van der Waals surface area contributed by atoms with Crippen LogP contribution in [-0.4, -0.2) is 10.8 Å². The second-order valence-electron chi connectivity index (χ2n) is 9.21. The number of aromatic nitrogens is 1. The highest BCUT2D eigenvalue weighted by Gasteiger charge is 2.48. The van der Waals surface area contributed by atoms with E-state index in [4.69, 9.17) is 11.6 Å². The molecular weight excluding hydrogens is 397 g/mol. The number of pyridine rings is 1. The number of nitrogens with zero attached hydrogens (tertiary/aromatic N) is 1. The summed E-state index contributed by atoms with van der Waals surface area (Å²) in [4.78, 5) is 17.1. The van der Waals surface area contributed by atoms with Crippen LogP contribution in [0.15, 0.2) is 54.7 Å². The van der Waals surface area contributed by atoms with Crippen LogP contribution in [-0.2, 0) is 11.2 Å². The van der Waals surface area contributed by atoms with E-state index in [1.165, 1.54) is 11.6 Å². The Balaban J connectivity index is 1.21. The van der Waals surface area contributed by atoms with Crippen LogP contribution >= 0.6 is 11.6 Å². The summed E-state index contributed by atoms with van der Waals surface area (Å²) in [6, 6.07) is 14.5. The zero-order valence-electron chi connectivity index (χ0n) is 16.9. The lowest BCUT2D eigenvalue weighted by atomic mass is 9.53. The van der Waals surface area contributed by atoms with E-state index in [9.17, 15) is 9.18 Å². The van der Waals surface area contributed by atoms with E-state index in [-0.39, 0.29) is 11.7 Å². The lowest BCUT2D eigenvalue weighted by Gasteiger charge is -2.51. The predicted octanol–water partition coefficient (Wildman–Crippen LogP) is 6.89. The van der Waals surface area contributed by atoms with E-state index >= 15 is 0 Å². The molecule has 2 saturated carbocycles. The van der Waals surface area contributed by atoms with Gasteiger partial charge in [-0.25, -0.2) is 4.39 Å². The number of carbonyl (C=O) groups is 1. The number of carbonyl (C=O) groups excluding carboxylic acids is 1. The molecule has 0 bridgehead atoms. The molecule has 154 valence electrons. The second-order valence-corrected chi connectivity index (χ2v) is 9.65. The number of halogens is 2. The lowest BCUT2D eigenvalue weighted by Crippen LogP contribution is -2.43. The summed E-state index contributed by atoms with van der Waals surface area (Å²) in [5.74, 6) is 0.811. The number of fused-ring (bicyclic) bond motifs is 1. The van der Waals surface area contributed by atoms with Crippen LogP contribution in [0.4, 0.5) is 4.39 Å². The van der Waals surface area contributed by atoms with Gasteiger partial charge in [-0.3, -0.25) is 9.78 Å². The van der Waals surface area contributed by atoms with Crippen LogP contribution in [0.1, 0.15) is 55.6 Å². The molecule has 2 aromatic carbocycles. The van der Waals surface area contributed by atoms with Gasteiger partial charge in [0.25, 0.3) is 0 Å². The van der Waals surface area contributed by atoms with E-state index in [1.54, 1.807) is 12.1 Å². The predicted molar refractivity (Wildman–Crippen MR) is 118 cm³/mol. The Labute approximate surface area is 181 Å². The molecule has 2 aliphatic rings. The zero-order chi connectivity index (χ0) is 20.7. The molecule has 1 aromatic heterocycles. The molecular formula is C26H25ClFNO. The minimum absolute atomic E-state index is 0.202. The first-order valence-electron chi connectivity index (χ1n) is 10.8. The van der Waals surface area contributed by atoms with Gasteiger partial charge in [-0.1, -0.05) is 23.7 Å². The van der Waals surface area contributed by atoms with Crippen molar-refractivity contribution in [1.29, 1.82) is 0 Å². The average molecular weight is 422 g/mol. The molecule has 2 aliphatic carbocycles. The first kappa shape index (κ1) is 19.7. The normalized spacial score (nSPS) is 25.9. The van der Waals surface area contributed by atoms with E-state index in [0.717, 1.165) is 55.0 Å². The highest BCUT2D eigenvalue weighted by Crippen LogP contribution is 2.57. The van der Waals surface area contributed by atoms with Crippen LogP contribution < -0.4 is 0 Å². The number of rotatable bonds is 4. The molecule has 0 saturated heterocycles. The van der Waals surface area contributed by atoms with Crippen molar-refractivity contribution < 1.29 is 9.18 Å². The summed E-state index contributed by atoms with van der Waals surface area (Å²) in [6.45, 7) is 0. The van der Waals surface area contributed by atoms with Crippen molar-refractivity contribution >= 4 is 28.3 Å². The standard InChI is InChI=1S/C26H25ClFNO/c27-20-3-1-17(2-4-20)13-25(30)19-15-26(16-19)10-7-18(8-11-26)22-9-12-29-24-6-5-21(28)14-23(22)24/h1-6,9,12,14,18-19H,7-8,10-11,13,15-16H2. The van der Waals surface area contributed by atoms with Crippen LogP contribution in [0.25, 0.3) is 10.9 Å². The van der Waals surface area contributed by atoms with Gasteiger partial charge in [0.2, 0.25) is 0 Å². The van der Waals surface area contributed by atoms with E-state index in [0.29, 0.717) is 28.6 Å². The van der Waals surface area contributed by atoms with Crippen molar-refractivity contribution in [2.75, 3.05) is 0 Å². The fourth-order valence-electron chi connectivity index (χ4n) is 5.61. The third-order valence-corrected chi connectivity index (χ3v) is 7.58. The van der Waals surface area contributed by atoms with E-state index < -0.39 is 0 Å². The maximum absolute atomic E-state index is 13.8. The zero-order valence-corrected chi connectivity index (χ0v) is 17.7. The topological polar surface area (TPSA) is 30.0 Å². The Bertz CT molecular complexity index is 1080. The molecule has 1 heterocycles. The summed E-state index contributed by atoms with van der Waals surface area (Å²) >= 11 is 5.94. The maximum atomic E-state index is 13.8. The van der Waals surface area contributed by atoms with E-state index in [2.05, 4.69) is 11.1 Å². The molecule has 1 spiro atoms. The highest BCUT2D eigenvalue weighted by molar-refractivity contribution is 6.30. The van der Waals surface area contributed by atoms with Crippen LogP contribution in [0.2, 0.25) is 5.02 Å². The summed E-state index contributed by atoms with van der Waals surface area (Å²) in [6.07, 6.45) is 8.92. The lowest BCUT2D eigenvalue weighted by molar-refractivity contribution is -0.131. The number of ketones is 1. The van der Waals surface area contributed by atoms with Gasteiger partial charge in [-0.05, 0) is 97.4 Å². The molecule has 3 aromatic rings. The van der Waals surface area contributed by atoms with E-state index in [1.807, 2.05) is 30.5 Å². The molecule has 2 nitrogen and oxygen atoms in total. The van der Waals surface area contributed by atoms with Crippen molar-refractivity contribution in [3.05, 3.63) is 76.7 Å².